The summed E-state index contributed by atoms with van der Waals surface area (Å²) in [4.78, 5) is 6.33. The zero-order chi connectivity index (χ0) is 9.97. The number of aliphatic hydroxyl groups excluding tert-OH is 1. The zero-order valence-corrected chi connectivity index (χ0v) is 8.66. The summed E-state index contributed by atoms with van der Waals surface area (Å²) in [5, 5.41) is 9.37. The molecular weight excluding hydrogens is 194 g/mol. The second kappa shape index (κ2) is 3.90. The van der Waals surface area contributed by atoms with Crippen LogP contribution in [-0.4, -0.2) is 10.1 Å². The van der Waals surface area contributed by atoms with Crippen molar-refractivity contribution in [2.75, 3.05) is 0 Å². The topological polar surface area (TPSA) is 33.1 Å². The molecule has 0 spiro atoms. The number of hydrogen-bond donors (Lipinski definition) is 1. The first kappa shape index (κ1) is 9.37. The highest BCUT2D eigenvalue weighted by Gasteiger charge is 2.06. The normalized spacial score (nSPS) is 12.7. The second-order valence-corrected chi connectivity index (χ2v) is 4.21. The lowest BCUT2D eigenvalue weighted by atomic mass is 10.3. The van der Waals surface area contributed by atoms with Gasteiger partial charge in [-0.1, -0.05) is 6.07 Å². The minimum Gasteiger partial charge on any atom is -0.388 e. The monoisotopic (exact) mass is 205 g/mol. The highest BCUT2D eigenvalue weighted by molar-refractivity contribution is 7.15. The van der Waals surface area contributed by atoms with Crippen molar-refractivity contribution in [1.82, 2.24) is 4.98 Å². The molecule has 0 aromatic carbocycles. The highest BCUT2D eigenvalue weighted by atomic mass is 32.1. The van der Waals surface area contributed by atoms with Gasteiger partial charge in [-0.15, -0.1) is 11.3 Å². The van der Waals surface area contributed by atoms with E-state index in [-0.39, 0.29) is 0 Å². The standard InChI is InChI=1S/C11H11NOS/c1-8(13)10-5-6-11(14-10)9-4-2-3-7-12-9/h2-8,13H,1H3. The van der Waals surface area contributed by atoms with Gasteiger partial charge in [0.25, 0.3) is 0 Å². The second-order valence-electron chi connectivity index (χ2n) is 3.09. The molecule has 2 heterocycles. The average Bonchev–Trinajstić information content (AvgIpc) is 2.68. The lowest BCUT2D eigenvalue weighted by molar-refractivity contribution is 0.203. The third-order valence-corrected chi connectivity index (χ3v) is 3.23. The van der Waals surface area contributed by atoms with Crippen molar-refractivity contribution in [2.45, 2.75) is 13.0 Å². The van der Waals surface area contributed by atoms with Crippen molar-refractivity contribution >= 4 is 11.3 Å². The van der Waals surface area contributed by atoms with Crippen LogP contribution in [0.4, 0.5) is 0 Å². The Morgan fingerprint density at radius 2 is 2.14 bits per heavy atom. The van der Waals surface area contributed by atoms with Crippen LogP contribution in [0.2, 0.25) is 0 Å². The third-order valence-electron chi connectivity index (χ3n) is 1.96. The Morgan fingerprint density at radius 1 is 1.29 bits per heavy atom. The van der Waals surface area contributed by atoms with E-state index in [2.05, 4.69) is 4.98 Å². The molecule has 0 radical (unpaired) electrons. The lowest BCUT2D eigenvalue weighted by Gasteiger charge is -1.97. The Morgan fingerprint density at radius 3 is 2.71 bits per heavy atom. The van der Waals surface area contributed by atoms with Crippen LogP contribution in [-0.2, 0) is 0 Å². The predicted molar refractivity (Wildman–Crippen MR) is 58.2 cm³/mol. The molecule has 2 aromatic heterocycles. The number of hydrogen-bond acceptors (Lipinski definition) is 3. The molecule has 0 aliphatic rings. The highest BCUT2D eigenvalue weighted by Crippen LogP contribution is 2.29. The number of thiophene rings is 1. The van der Waals surface area contributed by atoms with E-state index in [0.717, 1.165) is 15.4 Å². The van der Waals surface area contributed by atoms with Gasteiger partial charge in [-0.2, -0.15) is 0 Å². The van der Waals surface area contributed by atoms with Crippen LogP contribution >= 0.6 is 11.3 Å². The van der Waals surface area contributed by atoms with Gasteiger partial charge in [-0.3, -0.25) is 4.98 Å². The fourth-order valence-electron chi connectivity index (χ4n) is 1.22. The summed E-state index contributed by atoms with van der Waals surface area (Å²) < 4.78 is 0. The molecule has 0 saturated carbocycles. The van der Waals surface area contributed by atoms with Gasteiger partial charge >= 0.3 is 0 Å². The summed E-state index contributed by atoms with van der Waals surface area (Å²) in [6.45, 7) is 1.77. The van der Waals surface area contributed by atoms with Gasteiger partial charge < -0.3 is 5.11 Å². The van der Waals surface area contributed by atoms with E-state index in [4.69, 9.17) is 0 Å². The van der Waals surface area contributed by atoms with Crippen LogP contribution in [0, 0.1) is 0 Å². The Kier molecular flexibility index (Phi) is 2.61. The van der Waals surface area contributed by atoms with Gasteiger partial charge in [0.05, 0.1) is 16.7 Å². The molecule has 1 unspecified atom stereocenters. The van der Waals surface area contributed by atoms with Crippen molar-refractivity contribution in [1.29, 1.82) is 0 Å². The van der Waals surface area contributed by atoms with Crippen LogP contribution in [0.5, 0.6) is 0 Å². The molecule has 2 aromatic rings. The first-order valence-corrected chi connectivity index (χ1v) is 5.28. The predicted octanol–water partition coefficient (Wildman–Crippen LogP) is 2.86. The van der Waals surface area contributed by atoms with E-state index in [0.29, 0.717) is 0 Å². The third kappa shape index (κ3) is 1.84. The number of rotatable bonds is 2. The first-order valence-electron chi connectivity index (χ1n) is 4.46. The quantitative estimate of drug-likeness (QED) is 0.817. The number of aromatic nitrogens is 1. The molecule has 0 aliphatic carbocycles. The maximum Gasteiger partial charge on any atom is 0.0854 e. The van der Waals surface area contributed by atoms with Gasteiger partial charge in [0, 0.05) is 11.1 Å². The molecular formula is C11H11NOS. The molecule has 0 amide bonds. The Labute approximate surface area is 86.9 Å². The SMILES string of the molecule is CC(O)c1ccc(-c2ccccn2)s1. The average molecular weight is 205 g/mol. The Bertz CT molecular complexity index is 408. The van der Waals surface area contributed by atoms with Crippen molar-refractivity contribution in [3.05, 3.63) is 41.4 Å². The number of pyridine rings is 1. The molecule has 0 aliphatic heterocycles. The van der Waals surface area contributed by atoms with Crippen LogP contribution in [0.1, 0.15) is 17.9 Å². The molecule has 0 bridgehead atoms. The van der Waals surface area contributed by atoms with Crippen LogP contribution in [0.25, 0.3) is 10.6 Å². The summed E-state index contributed by atoms with van der Waals surface area (Å²) in [7, 11) is 0. The molecule has 2 rings (SSSR count). The molecule has 14 heavy (non-hydrogen) atoms. The van der Waals surface area contributed by atoms with Crippen molar-refractivity contribution in [3.8, 4) is 10.6 Å². The van der Waals surface area contributed by atoms with Gasteiger partial charge in [-0.25, -0.2) is 0 Å². The van der Waals surface area contributed by atoms with E-state index in [1.165, 1.54) is 0 Å². The summed E-state index contributed by atoms with van der Waals surface area (Å²) in [6.07, 6.45) is 1.38. The minimum atomic E-state index is -0.391. The fraction of sp³-hybridized carbons (Fsp3) is 0.182. The van der Waals surface area contributed by atoms with E-state index < -0.39 is 6.10 Å². The minimum absolute atomic E-state index is 0.391. The summed E-state index contributed by atoms with van der Waals surface area (Å²) in [5.41, 5.74) is 0.962. The first-order chi connectivity index (χ1) is 6.77. The number of aliphatic hydroxyl groups is 1. The van der Waals surface area contributed by atoms with Crippen molar-refractivity contribution in [3.63, 3.8) is 0 Å². The van der Waals surface area contributed by atoms with Gasteiger partial charge in [0.15, 0.2) is 0 Å². The van der Waals surface area contributed by atoms with Gasteiger partial charge in [0.2, 0.25) is 0 Å². The van der Waals surface area contributed by atoms with Crippen LogP contribution < -0.4 is 0 Å². The molecule has 1 atom stereocenters. The maximum atomic E-state index is 9.37. The van der Waals surface area contributed by atoms with Crippen LogP contribution in [0.15, 0.2) is 36.5 Å². The molecule has 72 valence electrons. The summed E-state index contributed by atoms with van der Waals surface area (Å²) in [5.74, 6) is 0. The molecule has 1 N–H and O–H groups in total. The Balaban J connectivity index is 2.34. The summed E-state index contributed by atoms with van der Waals surface area (Å²) >= 11 is 1.58. The molecule has 0 fully saturated rings. The van der Waals surface area contributed by atoms with Gasteiger partial charge in [0.1, 0.15) is 0 Å². The van der Waals surface area contributed by atoms with E-state index in [1.807, 2.05) is 30.3 Å². The van der Waals surface area contributed by atoms with Crippen molar-refractivity contribution in [2.24, 2.45) is 0 Å². The molecule has 2 nitrogen and oxygen atoms in total. The molecule has 3 heteroatoms. The fourth-order valence-corrected chi connectivity index (χ4v) is 2.15. The van der Waals surface area contributed by atoms with Crippen LogP contribution in [0.3, 0.4) is 0 Å². The largest absolute Gasteiger partial charge is 0.388 e. The van der Waals surface area contributed by atoms with E-state index in [9.17, 15) is 5.11 Å². The van der Waals surface area contributed by atoms with E-state index in [1.54, 1.807) is 24.5 Å². The molecule has 0 saturated heterocycles. The van der Waals surface area contributed by atoms with Gasteiger partial charge in [-0.05, 0) is 31.2 Å². The maximum absolute atomic E-state index is 9.37. The lowest BCUT2D eigenvalue weighted by Crippen LogP contribution is -1.83. The van der Waals surface area contributed by atoms with E-state index >= 15 is 0 Å². The summed E-state index contributed by atoms with van der Waals surface area (Å²) in [6, 6.07) is 9.77. The van der Waals surface area contributed by atoms with Crippen molar-refractivity contribution < 1.29 is 5.11 Å². The Hall–Kier alpha value is -1.19. The number of nitrogens with zero attached hydrogens (tertiary/aromatic N) is 1. The zero-order valence-electron chi connectivity index (χ0n) is 7.84. The smallest absolute Gasteiger partial charge is 0.0854 e.